The number of aromatic hydroxyl groups is 2. The lowest BCUT2D eigenvalue weighted by Crippen LogP contribution is -2.58. The van der Waals surface area contributed by atoms with E-state index in [0.29, 0.717) is 17.9 Å². The Bertz CT molecular complexity index is 669. The van der Waals surface area contributed by atoms with Crippen molar-refractivity contribution in [2.75, 3.05) is 6.54 Å². The molecule has 1 fully saturated rings. The summed E-state index contributed by atoms with van der Waals surface area (Å²) >= 11 is 1.99. The Kier molecular flexibility index (Phi) is 3.27. The van der Waals surface area contributed by atoms with Crippen LogP contribution in [0.4, 0.5) is 0 Å². The number of allylic oxidation sites excluding steroid dienone is 3. The van der Waals surface area contributed by atoms with Crippen LogP contribution in [0.15, 0.2) is 41.3 Å². The minimum absolute atomic E-state index is 0.0285. The third-order valence-electron chi connectivity index (χ3n) is 5.26. The van der Waals surface area contributed by atoms with E-state index in [0.717, 1.165) is 18.5 Å². The van der Waals surface area contributed by atoms with Gasteiger partial charge in [0.25, 0.3) is 0 Å². The van der Waals surface area contributed by atoms with Crippen LogP contribution in [0.3, 0.4) is 0 Å². The van der Waals surface area contributed by atoms with Gasteiger partial charge in [0, 0.05) is 24.4 Å². The number of hydrogen-bond acceptors (Lipinski definition) is 4. The summed E-state index contributed by atoms with van der Waals surface area (Å²) in [6.45, 7) is 3.11. The zero-order chi connectivity index (χ0) is 15.3. The predicted molar refractivity (Wildman–Crippen MR) is 90.2 cm³/mol. The number of piperidine rings is 1. The Morgan fingerprint density at radius 2 is 2.14 bits per heavy atom. The molecule has 1 aromatic carbocycles. The first-order valence-corrected chi connectivity index (χ1v) is 8.72. The summed E-state index contributed by atoms with van der Waals surface area (Å²) in [5.74, 6) is 0.670. The van der Waals surface area contributed by atoms with Crippen molar-refractivity contribution in [1.29, 1.82) is 0 Å². The van der Waals surface area contributed by atoms with E-state index in [1.807, 2.05) is 17.8 Å². The number of phenolic OH excluding ortho intramolecular Hbond substituents is 2. The van der Waals surface area contributed by atoms with Gasteiger partial charge in [-0.25, -0.2) is 0 Å². The minimum atomic E-state index is -0.0507. The maximum atomic E-state index is 9.85. The summed E-state index contributed by atoms with van der Waals surface area (Å²) in [4.78, 5) is 1.39. The highest BCUT2D eigenvalue weighted by atomic mass is 32.2. The van der Waals surface area contributed by atoms with E-state index in [-0.39, 0.29) is 16.2 Å². The standard InChI is InChI=1S/C18H21NO2S/c1-11-8-14-13(12-5-6-15(20)16(21)9-12)10-19-17-4-2-3-7-18(14,17)22-11/h3,5-9,13-14,17,19-21H,2,4,10H2,1H3. The summed E-state index contributed by atoms with van der Waals surface area (Å²) in [5, 5.41) is 23.2. The molecule has 22 heavy (non-hydrogen) atoms. The van der Waals surface area contributed by atoms with Crippen LogP contribution in [0.1, 0.15) is 31.2 Å². The quantitative estimate of drug-likeness (QED) is 0.548. The fourth-order valence-electron chi connectivity index (χ4n) is 4.27. The molecule has 116 valence electrons. The second-order valence-electron chi connectivity index (χ2n) is 6.55. The monoisotopic (exact) mass is 315 g/mol. The topological polar surface area (TPSA) is 52.5 Å². The summed E-state index contributed by atoms with van der Waals surface area (Å²) in [6.07, 6.45) is 9.47. The van der Waals surface area contributed by atoms with Gasteiger partial charge < -0.3 is 15.5 Å². The minimum Gasteiger partial charge on any atom is -0.504 e. The van der Waals surface area contributed by atoms with E-state index in [4.69, 9.17) is 0 Å². The first-order valence-electron chi connectivity index (χ1n) is 7.90. The fraction of sp³-hybridized carbons (Fsp3) is 0.444. The maximum absolute atomic E-state index is 9.85. The van der Waals surface area contributed by atoms with Crippen LogP contribution >= 0.6 is 11.8 Å². The number of phenols is 2. The summed E-state index contributed by atoms with van der Waals surface area (Å²) in [6, 6.07) is 5.77. The van der Waals surface area contributed by atoms with Crippen molar-refractivity contribution < 1.29 is 10.2 Å². The van der Waals surface area contributed by atoms with Crippen LogP contribution in [-0.2, 0) is 0 Å². The summed E-state index contributed by atoms with van der Waals surface area (Å²) < 4.78 is 0.110. The normalized spacial score (nSPS) is 36.6. The van der Waals surface area contributed by atoms with Crippen molar-refractivity contribution in [2.45, 2.75) is 36.5 Å². The first-order chi connectivity index (χ1) is 10.6. The Morgan fingerprint density at radius 1 is 1.27 bits per heavy atom. The lowest BCUT2D eigenvalue weighted by Gasteiger charge is -2.49. The molecule has 1 aromatic rings. The number of thioether (sulfide) groups is 1. The molecule has 3 aliphatic rings. The Balaban J connectivity index is 1.76. The molecule has 0 amide bonds. The molecule has 0 saturated carbocycles. The Morgan fingerprint density at radius 3 is 2.95 bits per heavy atom. The largest absolute Gasteiger partial charge is 0.504 e. The molecule has 4 heteroatoms. The van der Waals surface area contributed by atoms with Gasteiger partial charge in [0.15, 0.2) is 11.5 Å². The van der Waals surface area contributed by atoms with Crippen LogP contribution in [0.5, 0.6) is 11.5 Å². The van der Waals surface area contributed by atoms with Gasteiger partial charge in [-0.15, -0.1) is 11.8 Å². The fourth-order valence-corrected chi connectivity index (χ4v) is 5.92. The van der Waals surface area contributed by atoms with Gasteiger partial charge >= 0.3 is 0 Å². The second-order valence-corrected chi connectivity index (χ2v) is 8.11. The van der Waals surface area contributed by atoms with Crippen LogP contribution in [0, 0.1) is 5.92 Å². The van der Waals surface area contributed by atoms with Gasteiger partial charge in [0.2, 0.25) is 0 Å². The van der Waals surface area contributed by atoms with Crippen molar-refractivity contribution >= 4 is 11.8 Å². The zero-order valence-corrected chi connectivity index (χ0v) is 13.4. The molecule has 1 spiro atoms. The van der Waals surface area contributed by atoms with Crippen molar-refractivity contribution in [3.8, 4) is 11.5 Å². The Hall–Kier alpha value is -1.39. The van der Waals surface area contributed by atoms with Crippen LogP contribution < -0.4 is 5.32 Å². The van der Waals surface area contributed by atoms with E-state index in [1.165, 1.54) is 11.3 Å². The molecule has 3 N–H and O–H groups in total. The smallest absolute Gasteiger partial charge is 0.157 e. The molecule has 0 aromatic heterocycles. The average molecular weight is 315 g/mol. The molecular formula is C18H21NO2S. The van der Waals surface area contributed by atoms with E-state index in [2.05, 4.69) is 30.5 Å². The van der Waals surface area contributed by atoms with Gasteiger partial charge in [0.1, 0.15) is 0 Å². The van der Waals surface area contributed by atoms with Gasteiger partial charge in [0.05, 0.1) is 4.75 Å². The maximum Gasteiger partial charge on any atom is 0.157 e. The average Bonchev–Trinajstić information content (AvgIpc) is 2.84. The molecule has 1 saturated heterocycles. The van der Waals surface area contributed by atoms with Gasteiger partial charge in [-0.1, -0.05) is 24.3 Å². The Labute approximate surface area is 135 Å². The zero-order valence-electron chi connectivity index (χ0n) is 12.6. The van der Waals surface area contributed by atoms with Crippen LogP contribution in [0.25, 0.3) is 0 Å². The van der Waals surface area contributed by atoms with E-state index >= 15 is 0 Å². The van der Waals surface area contributed by atoms with E-state index in [9.17, 15) is 10.2 Å². The third-order valence-corrected chi connectivity index (χ3v) is 6.77. The first kappa shape index (κ1) is 14.2. The van der Waals surface area contributed by atoms with Crippen LogP contribution in [0.2, 0.25) is 0 Å². The number of hydrogen-bond donors (Lipinski definition) is 3. The number of rotatable bonds is 1. The molecular weight excluding hydrogens is 294 g/mol. The molecule has 1 aliphatic carbocycles. The summed E-state index contributed by atoms with van der Waals surface area (Å²) in [5.41, 5.74) is 1.09. The third kappa shape index (κ3) is 2.01. The summed E-state index contributed by atoms with van der Waals surface area (Å²) in [7, 11) is 0. The molecule has 4 unspecified atom stereocenters. The van der Waals surface area contributed by atoms with Crippen molar-refractivity contribution in [3.05, 3.63) is 46.9 Å². The van der Waals surface area contributed by atoms with Crippen molar-refractivity contribution in [2.24, 2.45) is 5.92 Å². The highest BCUT2D eigenvalue weighted by Gasteiger charge is 2.53. The molecule has 2 aliphatic heterocycles. The lowest BCUT2D eigenvalue weighted by molar-refractivity contribution is 0.254. The number of nitrogens with one attached hydrogen (secondary N) is 1. The van der Waals surface area contributed by atoms with E-state index in [1.54, 1.807) is 12.1 Å². The van der Waals surface area contributed by atoms with Gasteiger partial charge in [-0.05, 0) is 42.4 Å². The predicted octanol–water partition coefficient (Wildman–Crippen LogP) is 3.51. The highest BCUT2D eigenvalue weighted by molar-refractivity contribution is 8.04. The molecule has 2 heterocycles. The molecule has 4 atom stereocenters. The molecule has 0 bridgehead atoms. The van der Waals surface area contributed by atoms with Crippen molar-refractivity contribution in [3.63, 3.8) is 0 Å². The molecule has 0 radical (unpaired) electrons. The van der Waals surface area contributed by atoms with Crippen molar-refractivity contribution in [1.82, 2.24) is 5.32 Å². The van der Waals surface area contributed by atoms with E-state index < -0.39 is 0 Å². The lowest BCUT2D eigenvalue weighted by atomic mass is 9.68. The molecule has 3 nitrogen and oxygen atoms in total. The molecule has 4 rings (SSSR count). The van der Waals surface area contributed by atoms with Gasteiger partial charge in [-0.3, -0.25) is 0 Å². The van der Waals surface area contributed by atoms with Crippen LogP contribution in [-0.4, -0.2) is 27.5 Å². The van der Waals surface area contributed by atoms with Gasteiger partial charge in [-0.2, -0.15) is 0 Å². The highest BCUT2D eigenvalue weighted by Crippen LogP contribution is 2.57. The number of benzene rings is 1. The SMILES string of the molecule is CC1=CC2C(c3ccc(O)c(O)c3)CNC3CCC=CC32S1. The second kappa shape index (κ2) is 5.07.